The first-order valence-corrected chi connectivity index (χ1v) is 19.4. The number of fused-ring (bicyclic) bond motifs is 1. The van der Waals surface area contributed by atoms with Crippen molar-refractivity contribution in [2.24, 2.45) is 0 Å². The van der Waals surface area contributed by atoms with E-state index < -0.39 is 35.2 Å². The summed E-state index contributed by atoms with van der Waals surface area (Å²) in [6, 6.07) is 6.32. The van der Waals surface area contributed by atoms with Crippen LogP contribution in [0.15, 0.2) is 63.8 Å². The lowest BCUT2D eigenvalue weighted by Gasteiger charge is -2.49. The minimum absolute atomic E-state index is 0.00471. The molecule has 0 bridgehead atoms. The van der Waals surface area contributed by atoms with E-state index in [4.69, 9.17) is 28.3 Å². The Hall–Kier alpha value is -2.68. The zero-order valence-electron chi connectivity index (χ0n) is 26.4. The van der Waals surface area contributed by atoms with Crippen molar-refractivity contribution in [3.63, 3.8) is 0 Å². The molecule has 3 aliphatic heterocycles. The fourth-order valence-corrected chi connectivity index (χ4v) is 9.85. The summed E-state index contributed by atoms with van der Waals surface area (Å²) in [6.07, 6.45) is 11.5. The number of benzene rings is 1. The minimum Gasteiger partial charge on any atom is -0.478 e. The maximum atomic E-state index is 13.1. The van der Waals surface area contributed by atoms with Crippen molar-refractivity contribution in [2.75, 3.05) is 43.9 Å². The Morgan fingerprint density at radius 3 is 2.52 bits per heavy atom. The van der Waals surface area contributed by atoms with Crippen LogP contribution in [0.5, 0.6) is 0 Å². The van der Waals surface area contributed by atoms with Gasteiger partial charge in [0.1, 0.15) is 17.1 Å². The molecule has 15 heteroatoms. The van der Waals surface area contributed by atoms with E-state index in [0.29, 0.717) is 32.6 Å². The van der Waals surface area contributed by atoms with Crippen molar-refractivity contribution >= 4 is 88.3 Å². The largest absolute Gasteiger partial charge is 0.478 e. The SMILES string of the molecule is C[N+]1(CCC[n+]2ccc(SCC3=C(C(=O)O)N4C(=O)C(NC(=O)CSc5cc(Cl)c(/C=C/C(=O)O)cc5Cl)C4SC3)cc2)CCCCC1. The summed E-state index contributed by atoms with van der Waals surface area (Å²) >= 11 is 16.7. The summed E-state index contributed by atoms with van der Waals surface area (Å²) in [5, 5.41) is 21.7. The lowest BCUT2D eigenvalue weighted by atomic mass is 10.0. The first-order valence-electron chi connectivity index (χ1n) is 15.6. The fraction of sp³-hybridized carbons (Fsp3) is 0.424. The Kier molecular flexibility index (Phi) is 12.5. The van der Waals surface area contributed by atoms with Gasteiger partial charge in [-0.15, -0.1) is 35.3 Å². The molecule has 2 aromatic rings. The van der Waals surface area contributed by atoms with Gasteiger partial charge in [0, 0.05) is 44.5 Å². The van der Waals surface area contributed by atoms with E-state index >= 15 is 0 Å². The number of thioether (sulfide) groups is 3. The van der Waals surface area contributed by atoms with E-state index in [0.717, 1.165) is 40.2 Å². The van der Waals surface area contributed by atoms with Crippen LogP contribution in [0.3, 0.4) is 0 Å². The van der Waals surface area contributed by atoms with E-state index in [1.54, 1.807) is 17.8 Å². The number of rotatable bonds is 14. The zero-order chi connectivity index (χ0) is 34.4. The van der Waals surface area contributed by atoms with E-state index in [9.17, 15) is 24.3 Å². The molecule has 2 saturated heterocycles. The Morgan fingerprint density at radius 2 is 1.83 bits per heavy atom. The summed E-state index contributed by atoms with van der Waals surface area (Å²) in [4.78, 5) is 51.9. The van der Waals surface area contributed by atoms with Crippen molar-refractivity contribution in [3.05, 3.63) is 69.6 Å². The molecule has 1 aromatic heterocycles. The van der Waals surface area contributed by atoms with Crippen LogP contribution in [0.4, 0.5) is 0 Å². The van der Waals surface area contributed by atoms with Gasteiger partial charge in [0.2, 0.25) is 5.91 Å². The van der Waals surface area contributed by atoms with Gasteiger partial charge < -0.3 is 20.0 Å². The van der Waals surface area contributed by atoms with Crippen LogP contribution in [-0.4, -0.2) is 98.7 Å². The summed E-state index contributed by atoms with van der Waals surface area (Å²) in [5.74, 6) is -2.33. The number of carbonyl (C=O) groups is 4. The highest BCUT2D eigenvalue weighted by atomic mass is 35.5. The van der Waals surface area contributed by atoms with Crippen molar-refractivity contribution in [1.29, 1.82) is 0 Å². The monoisotopic (exact) mass is 752 g/mol. The molecule has 3 N–H and O–H groups in total. The number of hydrogen-bond acceptors (Lipinski definition) is 7. The molecule has 1 aromatic carbocycles. The number of nitrogens with one attached hydrogen (secondary N) is 1. The predicted octanol–water partition coefficient (Wildman–Crippen LogP) is 5.02. The predicted molar refractivity (Wildman–Crippen MR) is 190 cm³/mol. The zero-order valence-corrected chi connectivity index (χ0v) is 30.4. The Labute approximate surface area is 302 Å². The third-order valence-electron chi connectivity index (χ3n) is 8.67. The molecule has 4 heterocycles. The summed E-state index contributed by atoms with van der Waals surface area (Å²) in [6.45, 7) is 4.68. The van der Waals surface area contributed by atoms with Crippen molar-refractivity contribution in [3.8, 4) is 0 Å². The molecule has 2 fully saturated rings. The molecule has 0 saturated carbocycles. The van der Waals surface area contributed by atoms with E-state index in [-0.39, 0.29) is 16.5 Å². The van der Waals surface area contributed by atoms with Gasteiger partial charge in [0.25, 0.3) is 5.91 Å². The molecule has 2 unspecified atom stereocenters. The third kappa shape index (κ3) is 9.10. The number of β-lactam (4-membered cyclic amide) rings is 1. The number of amides is 2. The minimum atomic E-state index is -1.16. The molecule has 0 aliphatic carbocycles. The van der Waals surface area contributed by atoms with Crippen LogP contribution >= 0.6 is 58.5 Å². The molecule has 10 nitrogen and oxygen atoms in total. The number of aryl methyl sites for hydroxylation is 1. The molecule has 3 aliphatic rings. The standard InChI is InChI=1S/C33H36Cl2N4O6S3/c1-39(13-3-2-4-14-39)15-5-10-37-11-8-23(9-12-37)46-18-22-19-48-32-29(31(43)38(32)30(22)33(44)45)36-27(40)20-47-26-17-24(34)21(16-25(26)35)6-7-28(41)42/h6-9,11-12,16-17,29,32H,2-5,10,13-15,18-20H2,1H3,(H-2,36,40,41,42,44,45)/p+2/b7-6+. The topological polar surface area (TPSA) is 128 Å². The second-order valence-electron chi connectivity index (χ2n) is 12.2. The number of hydrogen-bond donors (Lipinski definition) is 3. The number of piperidine rings is 1. The molecule has 0 radical (unpaired) electrons. The summed E-state index contributed by atoms with van der Waals surface area (Å²) in [5.41, 5.74) is 1.09. The van der Waals surface area contributed by atoms with Crippen LogP contribution in [0, 0.1) is 0 Å². The van der Waals surface area contributed by atoms with Crippen LogP contribution in [-0.2, 0) is 25.7 Å². The molecule has 256 valence electrons. The van der Waals surface area contributed by atoms with Crippen LogP contribution in [0.2, 0.25) is 10.0 Å². The molecule has 5 rings (SSSR count). The van der Waals surface area contributed by atoms with Gasteiger partial charge in [0.05, 0.1) is 43.9 Å². The van der Waals surface area contributed by atoms with Crippen molar-refractivity contribution in [2.45, 2.75) is 53.4 Å². The number of carbonyl (C=O) groups excluding carboxylic acids is 2. The Morgan fingerprint density at radius 1 is 1.10 bits per heavy atom. The van der Waals surface area contributed by atoms with Crippen LogP contribution in [0.1, 0.15) is 31.2 Å². The van der Waals surface area contributed by atoms with E-state index in [1.807, 2.05) is 12.1 Å². The lowest BCUT2D eigenvalue weighted by molar-refractivity contribution is -0.916. The highest BCUT2D eigenvalue weighted by Crippen LogP contribution is 2.42. The number of pyridine rings is 1. The first kappa shape index (κ1) is 36.6. The second kappa shape index (κ2) is 16.4. The number of nitrogens with zero attached hydrogens (tertiary/aromatic N) is 3. The van der Waals surface area contributed by atoms with Crippen molar-refractivity contribution in [1.82, 2.24) is 10.2 Å². The van der Waals surface area contributed by atoms with Gasteiger partial charge >= 0.3 is 11.9 Å². The van der Waals surface area contributed by atoms with Gasteiger partial charge in [-0.2, -0.15) is 0 Å². The molecular formula is C33H38Cl2N4O6S3+2. The van der Waals surface area contributed by atoms with Gasteiger partial charge in [-0.1, -0.05) is 23.2 Å². The second-order valence-corrected chi connectivity index (χ2v) is 16.2. The number of quaternary nitrogens is 1. The molecule has 0 spiro atoms. The molecule has 48 heavy (non-hydrogen) atoms. The fourth-order valence-electron chi connectivity index (χ4n) is 6.09. The normalized spacial score (nSPS) is 20.4. The summed E-state index contributed by atoms with van der Waals surface area (Å²) in [7, 11) is 2.36. The number of likely N-dealkylation sites (tertiary alicyclic amines) is 1. The van der Waals surface area contributed by atoms with Crippen molar-refractivity contribution < 1.29 is 38.4 Å². The van der Waals surface area contributed by atoms with Crippen LogP contribution < -0.4 is 9.88 Å². The highest BCUT2D eigenvalue weighted by molar-refractivity contribution is 8.01. The first-order chi connectivity index (χ1) is 22.9. The summed E-state index contributed by atoms with van der Waals surface area (Å²) < 4.78 is 3.36. The molecule has 2 amide bonds. The number of carboxylic acids is 2. The maximum Gasteiger partial charge on any atom is 0.352 e. The number of aliphatic carboxylic acids is 2. The molecule has 2 atom stereocenters. The van der Waals surface area contributed by atoms with Gasteiger partial charge in [-0.05, 0) is 48.6 Å². The molecular weight excluding hydrogens is 715 g/mol. The smallest absolute Gasteiger partial charge is 0.352 e. The quantitative estimate of drug-likeness (QED) is 0.0802. The maximum absolute atomic E-state index is 13.1. The lowest BCUT2D eigenvalue weighted by Crippen LogP contribution is -2.70. The average molecular weight is 754 g/mol. The van der Waals surface area contributed by atoms with Gasteiger partial charge in [-0.3, -0.25) is 14.5 Å². The Bertz CT molecular complexity index is 1630. The Balaban J connectivity index is 1.12. The van der Waals surface area contributed by atoms with E-state index in [1.165, 1.54) is 67.7 Å². The van der Waals surface area contributed by atoms with Gasteiger partial charge in [0.15, 0.2) is 18.9 Å². The number of halogens is 2. The van der Waals surface area contributed by atoms with Crippen LogP contribution in [0.25, 0.3) is 6.08 Å². The van der Waals surface area contributed by atoms with E-state index in [2.05, 4.69) is 29.3 Å². The number of carboxylic acid groups (broad SMARTS) is 2. The average Bonchev–Trinajstić information content (AvgIpc) is 3.06. The third-order valence-corrected chi connectivity index (χ3v) is 12.9. The highest BCUT2D eigenvalue weighted by Gasteiger charge is 2.54. The van der Waals surface area contributed by atoms with Gasteiger partial charge in [-0.25, -0.2) is 14.2 Å². The number of aromatic nitrogens is 1.